The molecule has 3 aromatic rings. The summed E-state index contributed by atoms with van der Waals surface area (Å²) in [5.41, 5.74) is 1.79. The van der Waals surface area contributed by atoms with Crippen molar-refractivity contribution in [3.8, 4) is 22.8 Å². The Bertz CT molecular complexity index is 750. The molecule has 0 saturated heterocycles. The van der Waals surface area contributed by atoms with E-state index in [2.05, 4.69) is 15.1 Å². The maximum Gasteiger partial charge on any atom is 0.451 e. The smallest absolute Gasteiger partial charge is 0.255 e. The number of aromatic amines is 1. The van der Waals surface area contributed by atoms with Gasteiger partial charge in [0.15, 0.2) is 5.82 Å². The van der Waals surface area contributed by atoms with E-state index in [-0.39, 0.29) is 11.5 Å². The quantitative estimate of drug-likeness (QED) is 0.785. The normalized spacial score (nSPS) is 11.6. The van der Waals surface area contributed by atoms with Gasteiger partial charge in [-0.3, -0.25) is 5.10 Å². The highest BCUT2D eigenvalue weighted by molar-refractivity contribution is 5.62. The van der Waals surface area contributed by atoms with Crippen molar-refractivity contribution >= 4 is 0 Å². The first-order chi connectivity index (χ1) is 10.0. The number of hydrogen-bond donors (Lipinski definition) is 1. The van der Waals surface area contributed by atoms with Crippen LogP contribution in [0, 0.1) is 0 Å². The Kier molecular flexibility index (Phi) is 3.17. The molecule has 1 N–H and O–H groups in total. The van der Waals surface area contributed by atoms with Crippen molar-refractivity contribution in [2.75, 3.05) is 0 Å². The van der Waals surface area contributed by atoms with Crippen molar-refractivity contribution in [1.82, 2.24) is 20.2 Å². The molecule has 0 amide bonds. The van der Waals surface area contributed by atoms with E-state index in [9.17, 15) is 13.2 Å². The zero-order valence-electron chi connectivity index (χ0n) is 10.6. The molecule has 2 heterocycles. The van der Waals surface area contributed by atoms with E-state index in [0.29, 0.717) is 5.69 Å². The molecule has 1 aromatic carbocycles. The van der Waals surface area contributed by atoms with Crippen LogP contribution in [-0.4, -0.2) is 20.2 Å². The Morgan fingerprint density at radius 1 is 0.810 bits per heavy atom. The third-order valence-corrected chi connectivity index (χ3v) is 2.80. The van der Waals surface area contributed by atoms with Gasteiger partial charge in [-0.15, -0.1) is 0 Å². The average molecular weight is 290 g/mol. The summed E-state index contributed by atoms with van der Waals surface area (Å²) >= 11 is 0. The van der Waals surface area contributed by atoms with Gasteiger partial charge in [0.25, 0.3) is 0 Å². The molecular formula is C14H9F3N4. The van der Waals surface area contributed by atoms with E-state index >= 15 is 0 Å². The number of nitrogens with one attached hydrogen (secondary N) is 1. The number of nitrogens with zero attached hydrogens (tertiary/aromatic N) is 3. The number of halogens is 3. The Hall–Kier alpha value is -2.70. The van der Waals surface area contributed by atoms with Crippen LogP contribution in [-0.2, 0) is 6.18 Å². The summed E-state index contributed by atoms with van der Waals surface area (Å²) in [7, 11) is 0. The average Bonchev–Trinajstić information content (AvgIpc) is 2.98. The molecule has 0 fully saturated rings. The van der Waals surface area contributed by atoms with Gasteiger partial charge in [-0.2, -0.15) is 18.3 Å². The highest BCUT2D eigenvalue weighted by Gasteiger charge is 2.35. The molecule has 0 atom stereocenters. The van der Waals surface area contributed by atoms with Crippen LogP contribution in [0.2, 0.25) is 0 Å². The Balaban J connectivity index is 1.99. The topological polar surface area (TPSA) is 54.5 Å². The zero-order chi connectivity index (χ0) is 14.9. The second-order valence-electron chi connectivity index (χ2n) is 4.28. The molecule has 0 radical (unpaired) electrons. The molecule has 0 spiro atoms. The van der Waals surface area contributed by atoms with Gasteiger partial charge in [0.2, 0.25) is 5.82 Å². The van der Waals surface area contributed by atoms with Crippen molar-refractivity contribution in [2.24, 2.45) is 0 Å². The maximum absolute atomic E-state index is 12.5. The number of hydrogen-bond acceptors (Lipinski definition) is 3. The summed E-state index contributed by atoms with van der Waals surface area (Å²) in [6.07, 6.45) is -4.55. The van der Waals surface area contributed by atoms with Crippen LogP contribution in [0.3, 0.4) is 0 Å². The summed E-state index contributed by atoms with van der Waals surface area (Å²) in [4.78, 5) is 7.73. The van der Waals surface area contributed by atoms with E-state index in [4.69, 9.17) is 0 Å². The highest BCUT2D eigenvalue weighted by Crippen LogP contribution is 2.27. The fourth-order valence-corrected chi connectivity index (χ4v) is 1.83. The molecule has 7 heteroatoms. The van der Waals surface area contributed by atoms with Crippen LogP contribution in [0.25, 0.3) is 22.8 Å². The molecule has 0 bridgehead atoms. The van der Waals surface area contributed by atoms with E-state index in [1.807, 2.05) is 35.4 Å². The van der Waals surface area contributed by atoms with Crippen LogP contribution < -0.4 is 0 Å². The lowest BCUT2D eigenvalue weighted by Gasteiger charge is -2.02. The molecule has 4 nitrogen and oxygen atoms in total. The van der Waals surface area contributed by atoms with Gasteiger partial charge in [0, 0.05) is 5.56 Å². The third-order valence-electron chi connectivity index (χ3n) is 2.80. The van der Waals surface area contributed by atoms with Gasteiger partial charge in [-0.1, -0.05) is 36.4 Å². The summed E-state index contributed by atoms with van der Waals surface area (Å²) in [5, 5.41) is 5.45. The summed E-state index contributed by atoms with van der Waals surface area (Å²) < 4.78 is 37.5. The lowest BCUT2D eigenvalue weighted by Crippen LogP contribution is -2.07. The molecule has 21 heavy (non-hydrogen) atoms. The van der Waals surface area contributed by atoms with E-state index in [1.165, 1.54) is 0 Å². The van der Waals surface area contributed by atoms with Crippen LogP contribution in [0.5, 0.6) is 0 Å². The lowest BCUT2D eigenvalue weighted by molar-refractivity contribution is -0.144. The van der Waals surface area contributed by atoms with E-state index in [0.717, 1.165) is 5.56 Å². The van der Waals surface area contributed by atoms with Crippen molar-refractivity contribution < 1.29 is 13.2 Å². The van der Waals surface area contributed by atoms with Crippen LogP contribution >= 0.6 is 0 Å². The Morgan fingerprint density at radius 2 is 1.52 bits per heavy atom. The molecule has 2 aromatic heterocycles. The number of aromatic nitrogens is 4. The van der Waals surface area contributed by atoms with E-state index < -0.39 is 12.0 Å². The Labute approximate surface area is 117 Å². The summed E-state index contributed by atoms with van der Waals surface area (Å²) in [6, 6.07) is 14.4. The molecule has 106 valence electrons. The fraction of sp³-hybridized carbons (Fsp3) is 0.0714. The molecule has 0 aliphatic rings. The monoisotopic (exact) mass is 290 g/mol. The highest BCUT2D eigenvalue weighted by atomic mass is 19.4. The molecule has 0 aliphatic heterocycles. The van der Waals surface area contributed by atoms with Gasteiger partial charge in [0.05, 0.1) is 5.69 Å². The minimum Gasteiger partial charge on any atom is -0.255 e. The van der Waals surface area contributed by atoms with Gasteiger partial charge in [0.1, 0.15) is 5.69 Å². The van der Waals surface area contributed by atoms with Gasteiger partial charge in [-0.25, -0.2) is 9.97 Å². The van der Waals surface area contributed by atoms with Crippen molar-refractivity contribution in [1.29, 1.82) is 0 Å². The zero-order valence-corrected chi connectivity index (χ0v) is 10.6. The summed E-state index contributed by atoms with van der Waals surface area (Å²) in [5.74, 6) is -1.22. The van der Waals surface area contributed by atoms with Crippen molar-refractivity contribution in [3.05, 3.63) is 54.4 Å². The molecular weight excluding hydrogens is 281 g/mol. The number of pyridine rings is 1. The number of H-pyrrole nitrogens is 1. The predicted molar refractivity (Wildman–Crippen MR) is 70.1 cm³/mol. The first kappa shape index (κ1) is 13.3. The first-order valence-corrected chi connectivity index (χ1v) is 6.06. The second-order valence-corrected chi connectivity index (χ2v) is 4.28. The van der Waals surface area contributed by atoms with Gasteiger partial charge in [-0.05, 0) is 12.1 Å². The molecule has 0 aliphatic carbocycles. The summed E-state index contributed by atoms with van der Waals surface area (Å²) in [6.45, 7) is 0. The number of rotatable bonds is 2. The van der Waals surface area contributed by atoms with Crippen LogP contribution in [0.1, 0.15) is 5.82 Å². The van der Waals surface area contributed by atoms with Gasteiger partial charge < -0.3 is 0 Å². The first-order valence-electron chi connectivity index (χ1n) is 6.06. The standard InChI is InChI=1S/C14H9F3N4/c15-14(16,17)13-19-12(20-21-13)11-8-4-7-10(18-11)9-5-2-1-3-6-9/h1-8H,(H,19,20,21). The fourth-order valence-electron chi connectivity index (χ4n) is 1.83. The maximum atomic E-state index is 12.5. The lowest BCUT2D eigenvalue weighted by atomic mass is 10.1. The molecule has 3 rings (SSSR count). The third kappa shape index (κ3) is 2.76. The van der Waals surface area contributed by atoms with E-state index in [1.54, 1.807) is 18.2 Å². The largest absolute Gasteiger partial charge is 0.451 e. The van der Waals surface area contributed by atoms with Crippen LogP contribution in [0.4, 0.5) is 13.2 Å². The van der Waals surface area contributed by atoms with Gasteiger partial charge >= 0.3 is 6.18 Å². The number of benzene rings is 1. The minimum absolute atomic E-state index is 0.0832. The SMILES string of the molecule is FC(F)(F)c1nc(-c2cccc(-c3ccccc3)n2)n[nH]1. The van der Waals surface area contributed by atoms with Crippen LogP contribution in [0.15, 0.2) is 48.5 Å². The Morgan fingerprint density at radius 3 is 2.19 bits per heavy atom. The predicted octanol–water partition coefficient (Wildman–Crippen LogP) is 3.55. The minimum atomic E-state index is -4.55. The van der Waals surface area contributed by atoms with Crippen molar-refractivity contribution in [2.45, 2.75) is 6.18 Å². The molecule has 0 saturated carbocycles. The molecule has 0 unspecified atom stereocenters. The number of alkyl halides is 3. The second kappa shape index (κ2) is 5.01. The van der Waals surface area contributed by atoms with Crippen molar-refractivity contribution in [3.63, 3.8) is 0 Å².